The van der Waals surface area contributed by atoms with Crippen molar-refractivity contribution in [3.05, 3.63) is 34.9 Å². The Morgan fingerprint density at radius 2 is 1.89 bits per heavy atom. The summed E-state index contributed by atoms with van der Waals surface area (Å²) in [5.74, 6) is 10.0. The molecule has 0 amide bonds. The lowest BCUT2D eigenvalue weighted by Gasteiger charge is -2.05. The van der Waals surface area contributed by atoms with Gasteiger partial charge < -0.3 is 10.2 Å². The van der Waals surface area contributed by atoms with Crippen LogP contribution in [0.25, 0.3) is 0 Å². The summed E-state index contributed by atoms with van der Waals surface area (Å²) in [6.07, 6.45) is 18.1. The highest BCUT2D eigenvalue weighted by Gasteiger charge is 2.00. The van der Waals surface area contributed by atoms with Gasteiger partial charge in [0.15, 0.2) is 0 Å². The van der Waals surface area contributed by atoms with E-state index in [1.807, 2.05) is 18.2 Å². The number of unbranched alkanes of at least 4 members (excludes halogenated alkanes) is 5. The van der Waals surface area contributed by atoms with Crippen LogP contribution in [0.1, 0.15) is 71.1 Å². The van der Waals surface area contributed by atoms with Crippen molar-refractivity contribution in [1.29, 1.82) is 0 Å². The van der Waals surface area contributed by atoms with Crippen LogP contribution in [0.15, 0.2) is 34.9 Å². The number of aliphatic carboxylic acids is 1. The van der Waals surface area contributed by atoms with Gasteiger partial charge in [0, 0.05) is 10.9 Å². The number of carboxylic acids is 1. The minimum Gasteiger partial charge on any atom is -0.481 e. The first kappa shape index (κ1) is 25.2. The van der Waals surface area contributed by atoms with E-state index in [0.29, 0.717) is 6.42 Å². The summed E-state index contributed by atoms with van der Waals surface area (Å²) in [5, 5.41) is 18.4. The Balaban J connectivity index is 3.69. The molecule has 27 heavy (non-hydrogen) atoms. The van der Waals surface area contributed by atoms with Crippen LogP contribution in [0.3, 0.4) is 0 Å². The van der Waals surface area contributed by atoms with Crippen LogP contribution in [0.5, 0.6) is 0 Å². The van der Waals surface area contributed by atoms with Crippen LogP contribution in [-0.2, 0) is 4.79 Å². The Labute approximate surface area is 172 Å². The van der Waals surface area contributed by atoms with E-state index in [1.165, 1.54) is 0 Å². The third-order valence-corrected chi connectivity index (χ3v) is 4.12. The first-order valence-corrected chi connectivity index (χ1v) is 10.4. The number of hydrogen-bond acceptors (Lipinski definition) is 2. The van der Waals surface area contributed by atoms with E-state index in [2.05, 4.69) is 52.6 Å². The summed E-state index contributed by atoms with van der Waals surface area (Å²) < 4.78 is 0.946. The monoisotopic (exact) mass is 434 g/mol. The van der Waals surface area contributed by atoms with Crippen molar-refractivity contribution < 1.29 is 15.0 Å². The Bertz CT molecular complexity index is 609. The van der Waals surface area contributed by atoms with E-state index in [4.69, 9.17) is 5.11 Å². The molecule has 0 spiro atoms. The molecule has 0 radical (unpaired) electrons. The van der Waals surface area contributed by atoms with Crippen molar-refractivity contribution in [2.24, 2.45) is 0 Å². The molecule has 1 atom stereocenters. The lowest BCUT2D eigenvalue weighted by atomic mass is 10.1. The van der Waals surface area contributed by atoms with E-state index >= 15 is 0 Å². The average molecular weight is 435 g/mol. The zero-order valence-electron chi connectivity index (χ0n) is 16.2. The van der Waals surface area contributed by atoms with Crippen molar-refractivity contribution >= 4 is 21.9 Å². The summed E-state index contributed by atoms with van der Waals surface area (Å²) in [7, 11) is 0. The molecule has 2 N–H and O–H groups in total. The van der Waals surface area contributed by atoms with Crippen molar-refractivity contribution in [3.63, 3.8) is 0 Å². The molecule has 0 aliphatic heterocycles. The molecule has 0 saturated carbocycles. The predicted molar refractivity (Wildman–Crippen MR) is 116 cm³/mol. The fourth-order valence-electron chi connectivity index (χ4n) is 2.15. The zero-order valence-corrected chi connectivity index (χ0v) is 17.8. The highest BCUT2D eigenvalue weighted by molar-refractivity contribution is 9.11. The van der Waals surface area contributed by atoms with Crippen molar-refractivity contribution in [2.45, 2.75) is 77.2 Å². The van der Waals surface area contributed by atoms with Gasteiger partial charge in [-0.2, -0.15) is 0 Å². The average Bonchev–Trinajstić information content (AvgIpc) is 2.62. The maximum Gasteiger partial charge on any atom is 0.304 e. The number of hydrogen-bond donors (Lipinski definition) is 2. The van der Waals surface area contributed by atoms with Gasteiger partial charge in [0.2, 0.25) is 0 Å². The largest absolute Gasteiger partial charge is 0.481 e. The zero-order chi connectivity index (χ0) is 20.2. The molecule has 0 aliphatic rings. The van der Waals surface area contributed by atoms with Crippen LogP contribution >= 0.6 is 15.9 Å². The van der Waals surface area contributed by atoms with E-state index < -0.39 is 12.1 Å². The summed E-state index contributed by atoms with van der Waals surface area (Å²) in [4.78, 5) is 10.3. The second-order valence-corrected chi connectivity index (χ2v) is 7.08. The number of halogens is 1. The molecule has 0 heterocycles. The van der Waals surface area contributed by atoms with Gasteiger partial charge in [0.05, 0.1) is 12.5 Å². The first-order valence-electron chi connectivity index (χ1n) is 9.63. The Kier molecular flexibility index (Phi) is 17.8. The van der Waals surface area contributed by atoms with Gasteiger partial charge in [-0.1, -0.05) is 78.6 Å². The fourth-order valence-corrected chi connectivity index (χ4v) is 2.64. The molecule has 1 unspecified atom stereocenters. The Morgan fingerprint density at radius 1 is 1.11 bits per heavy atom. The molecule has 0 aromatic rings. The summed E-state index contributed by atoms with van der Waals surface area (Å²) >= 11 is 3.46. The highest BCUT2D eigenvalue weighted by atomic mass is 79.9. The lowest BCUT2D eigenvalue weighted by molar-refractivity contribution is -0.136. The maximum absolute atomic E-state index is 10.3. The molecular formula is C23H31BrO3. The van der Waals surface area contributed by atoms with Gasteiger partial charge in [-0.15, -0.1) is 0 Å². The van der Waals surface area contributed by atoms with Crippen LogP contribution in [0, 0.1) is 23.7 Å². The van der Waals surface area contributed by atoms with Gasteiger partial charge >= 0.3 is 5.97 Å². The topological polar surface area (TPSA) is 57.5 Å². The summed E-state index contributed by atoms with van der Waals surface area (Å²) in [6, 6.07) is 0. The van der Waals surface area contributed by atoms with Gasteiger partial charge in [0.25, 0.3) is 0 Å². The molecule has 0 rings (SSSR count). The third kappa shape index (κ3) is 20.4. The summed E-state index contributed by atoms with van der Waals surface area (Å²) in [5.41, 5.74) is 0. The van der Waals surface area contributed by atoms with E-state index in [1.54, 1.807) is 6.08 Å². The smallest absolute Gasteiger partial charge is 0.304 e. The van der Waals surface area contributed by atoms with Crippen molar-refractivity contribution in [3.8, 4) is 23.7 Å². The Hall–Kier alpha value is -1.75. The molecule has 0 aromatic carbocycles. The molecule has 0 bridgehead atoms. The minimum absolute atomic E-state index is 0.0606. The number of carbonyl (C=O) groups is 1. The summed E-state index contributed by atoms with van der Waals surface area (Å²) in [6.45, 7) is 2.14. The standard InChI is InChI=1S/C23H31BrO3/c1-2-3-14-17-21(24)20-22(25)18-15-12-10-8-6-4-5-7-9-11-13-16-19-23(26)27/h4-5,14,17,20,22,25H,2-3,6,8,10,12,15-16,18-19H2,1H3,(H,26,27)/b5-4+,17-14-,21-20+. The molecule has 148 valence electrons. The van der Waals surface area contributed by atoms with Gasteiger partial charge in [-0.05, 0) is 49.7 Å². The number of allylic oxidation sites excluding steroid dienone is 5. The Morgan fingerprint density at radius 3 is 2.63 bits per heavy atom. The first-order chi connectivity index (χ1) is 13.1. The lowest BCUT2D eigenvalue weighted by Crippen LogP contribution is -2.02. The maximum atomic E-state index is 10.3. The number of aliphatic hydroxyl groups is 1. The number of aliphatic hydroxyl groups excluding tert-OH is 1. The van der Waals surface area contributed by atoms with E-state index in [-0.39, 0.29) is 6.42 Å². The van der Waals surface area contributed by atoms with Crippen LogP contribution < -0.4 is 0 Å². The number of carboxylic acid groups (broad SMARTS) is 1. The number of rotatable bonds is 13. The third-order valence-electron chi connectivity index (χ3n) is 3.59. The fraction of sp³-hybridized carbons (Fsp3) is 0.522. The van der Waals surface area contributed by atoms with Crippen molar-refractivity contribution in [1.82, 2.24) is 0 Å². The van der Waals surface area contributed by atoms with Gasteiger partial charge in [-0.25, -0.2) is 0 Å². The molecule has 0 saturated heterocycles. The predicted octanol–water partition coefficient (Wildman–Crippen LogP) is 5.75. The van der Waals surface area contributed by atoms with E-state index in [9.17, 15) is 9.90 Å². The van der Waals surface area contributed by atoms with Crippen molar-refractivity contribution in [2.75, 3.05) is 0 Å². The molecule has 3 nitrogen and oxygen atoms in total. The van der Waals surface area contributed by atoms with Gasteiger partial charge in [-0.3, -0.25) is 4.79 Å². The molecule has 4 heteroatoms. The highest BCUT2D eigenvalue weighted by Crippen LogP contribution is 2.13. The van der Waals surface area contributed by atoms with Crippen LogP contribution in [0.2, 0.25) is 0 Å². The second kappa shape index (κ2) is 19.0. The normalized spacial score (nSPS) is 12.5. The second-order valence-electron chi connectivity index (χ2n) is 6.17. The minimum atomic E-state index is -0.837. The molecule has 0 aliphatic carbocycles. The molecule has 0 aromatic heterocycles. The molecular weight excluding hydrogens is 404 g/mol. The SMILES string of the molecule is CCC/C=C\C(Br)=C/C(O)CCCCCC/C=C/C#CC#CCCC(=O)O. The van der Waals surface area contributed by atoms with E-state index in [0.717, 1.165) is 55.8 Å². The quantitative estimate of drug-likeness (QED) is 0.220. The van der Waals surface area contributed by atoms with Crippen LogP contribution in [-0.4, -0.2) is 22.3 Å². The molecule has 0 fully saturated rings. The van der Waals surface area contributed by atoms with Gasteiger partial charge in [0.1, 0.15) is 0 Å². The van der Waals surface area contributed by atoms with Crippen LogP contribution in [0.4, 0.5) is 0 Å².